The summed E-state index contributed by atoms with van der Waals surface area (Å²) in [6.45, 7) is 0.581. The summed E-state index contributed by atoms with van der Waals surface area (Å²) in [7, 11) is 0. The number of hydrogen-bond acceptors (Lipinski definition) is 4. The maximum atomic E-state index is 5.68. The van der Waals surface area contributed by atoms with E-state index in [1.54, 1.807) is 30.4 Å². The van der Waals surface area contributed by atoms with Gasteiger partial charge in [-0.15, -0.1) is 11.8 Å². The molecule has 0 saturated heterocycles. The fourth-order valence-electron chi connectivity index (χ4n) is 1.41. The summed E-state index contributed by atoms with van der Waals surface area (Å²) >= 11 is 1.67. The highest BCUT2D eigenvalue weighted by atomic mass is 32.2. The molecule has 0 aliphatic heterocycles. The van der Waals surface area contributed by atoms with Gasteiger partial charge in [0.1, 0.15) is 5.03 Å². The molecule has 1 heterocycles. The lowest BCUT2D eigenvalue weighted by atomic mass is 10.1. The zero-order valence-corrected chi connectivity index (χ0v) is 9.65. The molecule has 3 nitrogen and oxygen atoms in total. The molecule has 16 heavy (non-hydrogen) atoms. The summed E-state index contributed by atoms with van der Waals surface area (Å²) in [6, 6.07) is 8.21. The van der Waals surface area contributed by atoms with Gasteiger partial charge in [-0.1, -0.05) is 24.3 Å². The van der Waals surface area contributed by atoms with Crippen LogP contribution in [0.4, 0.5) is 0 Å². The van der Waals surface area contributed by atoms with Gasteiger partial charge in [-0.25, -0.2) is 4.98 Å². The predicted octanol–water partition coefficient (Wildman–Crippen LogP) is 2.23. The Kier molecular flexibility index (Phi) is 3.91. The number of hydrogen-bond donors (Lipinski definition) is 1. The zero-order valence-electron chi connectivity index (χ0n) is 8.84. The second kappa shape index (κ2) is 5.63. The molecule has 0 bridgehead atoms. The molecule has 0 spiro atoms. The fourth-order valence-corrected chi connectivity index (χ4v) is 2.26. The Morgan fingerprint density at radius 1 is 1.12 bits per heavy atom. The van der Waals surface area contributed by atoms with Crippen LogP contribution in [0, 0.1) is 0 Å². The van der Waals surface area contributed by atoms with Gasteiger partial charge in [-0.3, -0.25) is 4.98 Å². The number of nitrogens with zero attached hydrogens (tertiary/aromatic N) is 2. The molecule has 0 aliphatic carbocycles. The molecule has 0 aliphatic rings. The van der Waals surface area contributed by atoms with E-state index in [9.17, 15) is 0 Å². The lowest BCUT2D eigenvalue weighted by Gasteiger charge is -2.06. The molecule has 0 saturated carbocycles. The molecule has 0 radical (unpaired) electrons. The van der Waals surface area contributed by atoms with E-state index < -0.39 is 0 Å². The standard InChI is InChI=1S/C12H13N3S/c13-7-10-3-1-2-4-11(10)9-16-12-8-14-5-6-15-12/h1-6,8H,7,9,13H2. The van der Waals surface area contributed by atoms with Crippen LogP contribution in [0.15, 0.2) is 47.9 Å². The third-order valence-electron chi connectivity index (χ3n) is 2.25. The maximum absolute atomic E-state index is 5.68. The number of rotatable bonds is 4. The Balaban J connectivity index is 2.05. The van der Waals surface area contributed by atoms with Crippen molar-refractivity contribution in [2.45, 2.75) is 17.3 Å². The molecule has 82 valence electrons. The van der Waals surface area contributed by atoms with E-state index >= 15 is 0 Å². The zero-order chi connectivity index (χ0) is 11.2. The van der Waals surface area contributed by atoms with Crippen LogP contribution in [0.25, 0.3) is 0 Å². The SMILES string of the molecule is NCc1ccccc1CSc1cnccn1. The minimum absolute atomic E-state index is 0.581. The van der Waals surface area contributed by atoms with Gasteiger partial charge in [0.15, 0.2) is 0 Å². The second-order valence-corrected chi connectivity index (χ2v) is 4.30. The van der Waals surface area contributed by atoms with Gasteiger partial charge in [-0.05, 0) is 11.1 Å². The van der Waals surface area contributed by atoms with Crippen molar-refractivity contribution in [3.8, 4) is 0 Å². The van der Waals surface area contributed by atoms with Crippen LogP contribution in [0.3, 0.4) is 0 Å². The van der Waals surface area contributed by atoms with E-state index in [1.807, 2.05) is 12.1 Å². The van der Waals surface area contributed by atoms with Crippen LogP contribution >= 0.6 is 11.8 Å². The number of thioether (sulfide) groups is 1. The van der Waals surface area contributed by atoms with Gasteiger partial charge >= 0.3 is 0 Å². The van der Waals surface area contributed by atoms with Crippen molar-refractivity contribution in [2.24, 2.45) is 5.73 Å². The van der Waals surface area contributed by atoms with Crippen LogP contribution in [-0.4, -0.2) is 9.97 Å². The van der Waals surface area contributed by atoms with Crippen LogP contribution in [0.2, 0.25) is 0 Å². The van der Waals surface area contributed by atoms with Gasteiger partial charge in [0.2, 0.25) is 0 Å². The van der Waals surface area contributed by atoms with Crippen molar-refractivity contribution < 1.29 is 0 Å². The smallest absolute Gasteiger partial charge is 0.115 e. The van der Waals surface area contributed by atoms with E-state index in [0.717, 1.165) is 10.8 Å². The van der Waals surface area contributed by atoms with Gasteiger partial charge in [0.25, 0.3) is 0 Å². The summed E-state index contributed by atoms with van der Waals surface area (Å²) in [6.07, 6.45) is 5.16. The molecule has 0 fully saturated rings. The normalized spacial score (nSPS) is 10.3. The van der Waals surface area contributed by atoms with Crippen LogP contribution < -0.4 is 5.73 Å². The first-order valence-electron chi connectivity index (χ1n) is 5.06. The molecule has 2 N–H and O–H groups in total. The third kappa shape index (κ3) is 2.81. The summed E-state index contributed by atoms with van der Waals surface area (Å²) in [4.78, 5) is 8.25. The molecular formula is C12H13N3S. The van der Waals surface area contributed by atoms with Gasteiger partial charge in [0, 0.05) is 24.7 Å². The molecule has 2 aromatic rings. The largest absolute Gasteiger partial charge is 0.326 e. The molecule has 0 amide bonds. The predicted molar refractivity (Wildman–Crippen MR) is 65.9 cm³/mol. The van der Waals surface area contributed by atoms with E-state index in [2.05, 4.69) is 22.1 Å². The van der Waals surface area contributed by atoms with E-state index in [-0.39, 0.29) is 0 Å². The molecule has 1 aromatic heterocycles. The monoisotopic (exact) mass is 231 g/mol. The summed E-state index contributed by atoms with van der Waals surface area (Å²) < 4.78 is 0. The lowest BCUT2D eigenvalue weighted by molar-refractivity contribution is 1.03. The lowest BCUT2D eigenvalue weighted by Crippen LogP contribution is -2.00. The Hall–Kier alpha value is -1.39. The molecule has 1 aromatic carbocycles. The van der Waals surface area contributed by atoms with Crippen LogP contribution in [0.5, 0.6) is 0 Å². The van der Waals surface area contributed by atoms with Gasteiger partial charge < -0.3 is 5.73 Å². The van der Waals surface area contributed by atoms with Crippen molar-refractivity contribution in [3.63, 3.8) is 0 Å². The Morgan fingerprint density at radius 3 is 2.62 bits per heavy atom. The fraction of sp³-hybridized carbons (Fsp3) is 0.167. The first-order chi connectivity index (χ1) is 7.90. The topological polar surface area (TPSA) is 51.8 Å². The first kappa shape index (κ1) is 11.1. The van der Waals surface area contributed by atoms with Crippen LogP contribution in [0.1, 0.15) is 11.1 Å². The van der Waals surface area contributed by atoms with Gasteiger partial charge in [0.05, 0.1) is 6.20 Å². The maximum Gasteiger partial charge on any atom is 0.115 e. The average Bonchev–Trinajstić information content (AvgIpc) is 2.38. The Bertz CT molecular complexity index is 445. The van der Waals surface area contributed by atoms with Crippen molar-refractivity contribution in [1.82, 2.24) is 9.97 Å². The number of benzene rings is 1. The minimum Gasteiger partial charge on any atom is -0.326 e. The molecular weight excluding hydrogens is 218 g/mol. The average molecular weight is 231 g/mol. The first-order valence-corrected chi connectivity index (χ1v) is 6.04. The quantitative estimate of drug-likeness (QED) is 0.820. The number of aromatic nitrogens is 2. The Labute approximate surface area is 99.1 Å². The van der Waals surface area contributed by atoms with Crippen molar-refractivity contribution in [1.29, 1.82) is 0 Å². The van der Waals surface area contributed by atoms with E-state index in [1.165, 1.54) is 11.1 Å². The van der Waals surface area contributed by atoms with E-state index in [0.29, 0.717) is 6.54 Å². The molecule has 0 unspecified atom stereocenters. The minimum atomic E-state index is 0.581. The second-order valence-electron chi connectivity index (χ2n) is 3.31. The summed E-state index contributed by atoms with van der Waals surface area (Å²) in [5, 5.41) is 0.939. The molecule has 4 heteroatoms. The summed E-state index contributed by atoms with van der Waals surface area (Å²) in [5.41, 5.74) is 8.14. The van der Waals surface area contributed by atoms with Crippen molar-refractivity contribution >= 4 is 11.8 Å². The summed E-state index contributed by atoms with van der Waals surface area (Å²) in [5.74, 6) is 0.881. The molecule has 2 rings (SSSR count). The van der Waals surface area contributed by atoms with Crippen molar-refractivity contribution in [2.75, 3.05) is 0 Å². The third-order valence-corrected chi connectivity index (χ3v) is 3.22. The van der Waals surface area contributed by atoms with Gasteiger partial charge in [-0.2, -0.15) is 0 Å². The van der Waals surface area contributed by atoms with Crippen molar-refractivity contribution in [3.05, 3.63) is 54.0 Å². The van der Waals surface area contributed by atoms with Crippen LogP contribution in [-0.2, 0) is 12.3 Å². The highest BCUT2D eigenvalue weighted by molar-refractivity contribution is 7.98. The number of nitrogens with two attached hydrogens (primary N) is 1. The van der Waals surface area contributed by atoms with E-state index in [4.69, 9.17) is 5.73 Å². The highest BCUT2D eigenvalue weighted by Gasteiger charge is 2.01. The highest BCUT2D eigenvalue weighted by Crippen LogP contribution is 2.21. The Morgan fingerprint density at radius 2 is 1.94 bits per heavy atom. The molecule has 0 atom stereocenters.